The first-order valence-electron chi connectivity index (χ1n) is 8.70. The minimum atomic E-state index is -0.616. The minimum absolute atomic E-state index is 0.0718. The van der Waals surface area contributed by atoms with Crippen molar-refractivity contribution in [1.82, 2.24) is 9.80 Å². The van der Waals surface area contributed by atoms with Crippen molar-refractivity contribution < 1.29 is 14.4 Å². The summed E-state index contributed by atoms with van der Waals surface area (Å²) in [6, 6.07) is -1.16. The highest BCUT2D eigenvalue weighted by molar-refractivity contribution is 5.86. The molecule has 134 valence electrons. The summed E-state index contributed by atoms with van der Waals surface area (Å²) in [5.41, 5.74) is 0.998. The highest BCUT2D eigenvalue weighted by Gasteiger charge is 2.33. The molecule has 1 heterocycles. The number of nitrogens with zero attached hydrogens (tertiary/aromatic N) is 2. The molecule has 0 aromatic carbocycles. The molecule has 0 saturated carbocycles. The quantitative estimate of drug-likeness (QED) is 0.567. The lowest BCUT2D eigenvalue weighted by Crippen LogP contribution is -2.49. The summed E-state index contributed by atoms with van der Waals surface area (Å²) in [5.74, 6) is 6.11. The van der Waals surface area contributed by atoms with Crippen molar-refractivity contribution >= 4 is 18.6 Å². The van der Waals surface area contributed by atoms with Gasteiger partial charge in [0, 0.05) is 29.7 Å². The van der Waals surface area contributed by atoms with E-state index in [0.717, 1.165) is 32.2 Å². The Hall–Kier alpha value is -2.35. The first-order valence-corrected chi connectivity index (χ1v) is 8.70. The highest BCUT2D eigenvalue weighted by Crippen LogP contribution is 2.24. The normalized spacial score (nSPS) is 21.0. The van der Waals surface area contributed by atoms with Gasteiger partial charge in [-0.2, -0.15) is 0 Å². The molecule has 0 aromatic rings. The second-order valence-electron chi connectivity index (χ2n) is 7.59. The molecule has 0 bridgehead atoms. The Morgan fingerprint density at radius 2 is 1.96 bits per heavy atom. The Kier molecular flexibility index (Phi) is 5.84. The van der Waals surface area contributed by atoms with Crippen LogP contribution in [-0.2, 0) is 14.4 Å². The zero-order valence-electron chi connectivity index (χ0n) is 15.4. The number of carbonyl (C=O) groups excluding carboxylic acids is 3. The number of allylic oxidation sites excluding steroid dienone is 2. The van der Waals surface area contributed by atoms with Crippen molar-refractivity contribution in [2.24, 2.45) is 5.41 Å². The molecule has 1 aliphatic heterocycles. The molecular formula is C20H26N2O3. The van der Waals surface area contributed by atoms with Crippen LogP contribution in [0.1, 0.15) is 40.5 Å². The van der Waals surface area contributed by atoms with Gasteiger partial charge in [0.05, 0.1) is 6.04 Å². The SMILES string of the molecule is C[C@@H](C(=O)N1CCCC1)N(C=O)C1C=C(C#CC(C)(C)C)C=C1C=O. The minimum Gasteiger partial charge on any atom is -0.341 e. The molecule has 0 spiro atoms. The van der Waals surface area contributed by atoms with Gasteiger partial charge in [0.15, 0.2) is 0 Å². The van der Waals surface area contributed by atoms with Gasteiger partial charge in [0.25, 0.3) is 0 Å². The predicted octanol–water partition coefficient (Wildman–Crippen LogP) is 1.94. The van der Waals surface area contributed by atoms with Crippen molar-refractivity contribution in [3.63, 3.8) is 0 Å². The summed E-state index contributed by atoms with van der Waals surface area (Å²) >= 11 is 0. The molecule has 5 nitrogen and oxygen atoms in total. The molecule has 1 fully saturated rings. The lowest BCUT2D eigenvalue weighted by Gasteiger charge is -2.32. The summed E-state index contributed by atoms with van der Waals surface area (Å²) < 4.78 is 0. The van der Waals surface area contributed by atoms with Crippen LogP contribution < -0.4 is 0 Å². The Morgan fingerprint density at radius 3 is 2.48 bits per heavy atom. The number of carbonyl (C=O) groups is 3. The van der Waals surface area contributed by atoms with Crippen LogP contribution in [-0.4, -0.2) is 53.6 Å². The zero-order valence-corrected chi connectivity index (χ0v) is 15.4. The van der Waals surface area contributed by atoms with Crippen molar-refractivity contribution in [2.75, 3.05) is 13.1 Å². The Balaban J connectivity index is 2.23. The lowest BCUT2D eigenvalue weighted by molar-refractivity contribution is -0.140. The third kappa shape index (κ3) is 4.60. The van der Waals surface area contributed by atoms with Crippen molar-refractivity contribution in [1.29, 1.82) is 0 Å². The number of amides is 2. The van der Waals surface area contributed by atoms with Gasteiger partial charge in [-0.3, -0.25) is 14.4 Å². The molecule has 2 amide bonds. The maximum atomic E-state index is 12.6. The second-order valence-corrected chi connectivity index (χ2v) is 7.59. The molecule has 25 heavy (non-hydrogen) atoms. The fourth-order valence-electron chi connectivity index (χ4n) is 3.01. The van der Waals surface area contributed by atoms with E-state index in [2.05, 4.69) is 11.8 Å². The zero-order chi connectivity index (χ0) is 18.6. The Bertz CT molecular complexity index is 667. The summed E-state index contributed by atoms with van der Waals surface area (Å²) in [6.45, 7) is 9.19. The topological polar surface area (TPSA) is 57.7 Å². The van der Waals surface area contributed by atoms with E-state index >= 15 is 0 Å². The molecule has 5 heteroatoms. The van der Waals surface area contributed by atoms with E-state index in [1.165, 1.54) is 4.90 Å². The largest absolute Gasteiger partial charge is 0.341 e. The summed E-state index contributed by atoms with van der Waals surface area (Å²) in [5, 5.41) is 0. The second kappa shape index (κ2) is 7.69. The molecule has 2 rings (SSSR count). The predicted molar refractivity (Wildman–Crippen MR) is 96.4 cm³/mol. The monoisotopic (exact) mass is 342 g/mol. The fourth-order valence-corrected chi connectivity index (χ4v) is 3.01. The fraction of sp³-hybridized carbons (Fsp3) is 0.550. The van der Waals surface area contributed by atoms with Crippen LogP contribution in [0.15, 0.2) is 23.3 Å². The van der Waals surface area contributed by atoms with Crippen molar-refractivity contribution in [3.8, 4) is 11.8 Å². The van der Waals surface area contributed by atoms with E-state index in [9.17, 15) is 14.4 Å². The van der Waals surface area contributed by atoms with Gasteiger partial charge in [-0.05, 0) is 52.7 Å². The van der Waals surface area contributed by atoms with E-state index in [0.29, 0.717) is 17.6 Å². The van der Waals surface area contributed by atoms with Crippen LogP contribution in [0, 0.1) is 17.3 Å². The van der Waals surface area contributed by atoms with Gasteiger partial charge in [-0.25, -0.2) is 0 Å². The van der Waals surface area contributed by atoms with Crippen LogP contribution in [0.2, 0.25) is 0 Å². The van der Waals surface area contributed by atoms with Gasteiger partial charge < -0.3 is 9.80 Å². The number of likely N-dealkylation sites (tertiary alicyclic amines) is 1. The number of hydrogen-bond donors (Lipinski definition) is 0. The molecule has 2 atom stereocenters. The molecule has 0 aromatic heterocycles. The van der Waals surface area contributed by atoms with E-state index in [1.54, 1.807) is 24.0 Å². The van der Waals surface area contributed by atoms with Crippen LogP contribution in [0.4, 0.5) is 0 Å². The average molecular weight is 342 g/mol. The van der Waals surface area contributed by atoms with E-state index in [4.69, 9.17) is 0 Å². The lowest BCUT2D eigenvalue weighted by atomic mass is 9.97. The average Bonchev–Trinajstić information content (AvgIpc) is 3.22. The molecule has 1 aliphatic carbocycles. The van der Waals surface area contributed by atoms with Crippen LogP contribution >= 0.6 is 0 Å². The smallest absolute Gasteiger partial charge is 0.245 e. The number of hydrogen-bond acceptors (Lipinski definition) is 3. The molecular weight excluding hydrogens is 316 g/mol. The van der Waals surface area contributed by atoms with E-state index < -0.39 is 12.1 Å². The van der Waals surface area contributed by atoms with Gasteiger partial charge in [-0.1, -0.05) is 11.8 Å². The first kappa shape index (κ1) is 19.0. The molecule has 2 aliphatic rings. The molecule has 1 unspecified atom stereocenters. The Labute approximate surface area is 149 Å². The van der Waals surface area contributed by atoms with E-state index in [1.807, 2.05) is 20.8 Å². The van der Waals surface area contributed by atoms with Crippen LogP contribution in [0.5, 0.6) is 0 Å². The van der Waals surface area contributed by atoms with E-state index in [-0.39, 0.29) is 11.3 Å². The van der Waals surface area contributed by atoms with Gasteiger partial charge in [0.2, 0.25) is 12.3 Å². The standard InChI is InChI=1S/C20H26N2O3/c1-15(19(25)21-9-5-6-10-21)22(14-24)18-12-16(11-17(18)13-23)7-8-20(2,3)4/h11-15,18H,5-6,9-10H2,1-4H3/t15-,18?/m0/s1. The van der Waals surface area contributed by atoms with Crippen molar-refractivity contribution in [3.05, 3.63) is 23.3 Å². The van der Waals surface area contributed by atoms with Crippen LogP contribution in [0.25, 0.3) is 0 Å². The summed E-state index contributed by atoms with van der Waals surface area (Å²) in [4.78, 5) is 38.9. The molecule has 0 radical (unpaired) electrons. The van der Waals surface area contributed by atoms with Gasteiger partial charge in [-0.15, -0.1) is 0 Å². The van der Waals surface area contributed by atoms with Crippen LogP contribution in [0.3, 0.4) is 0 Å². The third-order valence-electron chi connectivity index (χ3n) is 4.38. The number of rotatable bonds is 5. The first-order chi connectivity index (χ1) is 11.8. The summed E-state index contributed by atoms with van der Waals surface area (Å²) in [6.07, 6.45) is 6.85. The molecule has 0 N–H and O–H groups in total. The molecule has 1 saturated heterocycles. The highest BCUT2D eigenvalue weighted by atomic mass is 16.2. The maximum absolute atomic E-state index is 12.6. The third-order valence-corrected chi connectivity index (χ3v) is 4.38. The van der Waals surface area contributed by atoms with Gasteiger partial charge in [0.1, 0.15) is 12.3 Å². The number of aldehydes is 1. The maximum Gasteiger partial charge on any atom is 0.245 e. The summed E-state index contributed by atoms with van der Waals surface area (Å²) in [7, 11) is 0. The van der Waals surface area contributed by atoms with Gasteiger partial charge >= 0.3 is 0 Å². The van der Waals surface area contributed by atoms with Crippen molar-refractivity contribution in [2.45, 2.75) is 52.6 Å². The Morgan fingerprint density at radius 1 is 1.32 bits per heavy atom.